The molecule has 1 heterocycles. The van der Waals surface area contributed by atoms with Gasteiger partial charge in [0.15, 0.2) is 22.2 Å². The highest BCUT2D eigenvalue weighted by molar-refractivity contribution is 7.90. The van der Waals surface area contributed by atoms with Crippen molar-refractivity contribution in [2.75, 3.05) is 23.5 Å². The molecule has 0 unspecified atom stereocenters. The predicted molar refractivity (Wildman–Crippen MR) is 88.1 cm³/mol. The van der Waals surface area contributed by atoms with E-state index in [4.69, 9.17) is 4.74 Å². The van der Waals surface area contributed by atoms with Crippen LogP contribution in [0.1, 0.15) is 10.4 Å². The number of ether oxygens (including phenoxy) is 1. The van der Waals surface area contributed by atoms with E-state index in [0.29, 0.717) is 17.1 Å². The Labute approximate surface area is 138 Å². The van der Waals surface area contributed by atoms with Crippen molar-refractivity contribution < 1.29 is 22.7 Å². The van der Waals surface area contributed by atoms with Gasteiger partial charge in [0.2, 0.25) is 0 Å². The van der Waals surface area contributed by atoms with E-state index in [0.717, 1.165) is 6.26 Å². The van der Waals surface area contributed by atoms with Crippen LogP contribution in [0.5, 0.6) is 5.75 Å². The van der Waals surface area contributed by atoms with Crippen LogP contribution in [0.2, 0.25) is 0 Å². The molecule has 0 spiro atoms. The largest absolute Gasteiger partial charge is 0.479 e. The lowest BCUT2D eigenvalue weighted by Gasteiger charge is -2.20. The smallest absolute Gasteiger partial charge is 0.262 e. The number of fused-ring (bicyclic) bond motifs is 1. The zero-order valence-corrected chi connectivity index (χ0v) is 13.5. The van der Waals surface area contributed by atoms with Crippen LogP contribution in [0.25, 0.3) is 0 Å². The first-order valence-electron chi connectivity index (χ1n) is 7.02. The normalized spacial score (nSPS) is 13.5. The van der Waals surface area contributed by atoms with Crippen LogP contribution in [0, 0.1) is 0 Å². The lowest BCUT2D eigenvalue weighted by Crippen LogP contribution is -2.26. The number of hydrogen-bond donors (Lipinski definition) is 2. The number of benzene rings is 2. The molecule has 2 amide bonds. The number of rotatable bonds is 3. The van der Waals surface area contributed by atoms with Crippen molar-refractivity contribution in [3.63, 3.8) is 0 Å². The highest BCUT2D eigenvalue weighted by Gasteiger charge is 2.20. The zero-order chi connectivity index (χ0) is 17.3. The molecule has 2 aromatic rings. The van der Waals surface area contributed by atoms with E-state index in [1.807, 2.05) is 0 Å². The highest BCUT2D eigenvalue weighted by atomic mass is 32.2. The number of carbonyl (C=O) groups is 2. The molecule has 0 fully saturated rings. The van der Waals surface area contributed by atoms with Crippen LogP contribution >= 0.6 is 0 Å². The maximum atomic E-state index is 12.4. The van der Waals surface area contributed by atoms with Crippen LogP contribution in [0.15, 0.2) is 47.4 Å². The Kier molecular flexibility index (Phi) is 3.98. The molecule has 0 radical (unpaired) electrons. The van der Waals surface area contributed by atoms with Gasteiger partial charge in [-0.1, -0.05) is 12.1 Å². The van der Waals surface area contributed by atoms with Crippen molar-refractivity contribution in [3.8, 4) is 5.75 Å². The number of para-hydroxylation sites is 1. The second kappa shape index (κ2) is 5.97. The first-order valence-corrected chi connectivity index (χ1v) is 8.91. The lowest BCUT2D eigenvalue weighted by atomic mass is 10.2. The Morgan fingerprint density at radius 1 is 1.21 bits per heavy atom. The van der Waals surface area contributed by atoms with Gasteiger partial charge in [0, 0.05) is 11.8 Å². The first-order chi connectivity index (χ1) is 11.3. The minimum Gasteiger partial charge on any atom is -0.479 e. The summed E-state index contributed by atoms with van der Waals surface area (Å²) in [5.41, 5.74) is 1.06. The SMILES string of the molecule is CS(=O)(=O)c1cccc(C(=O)Nc2cccc3c2OCC(=O)N3)c1. The number of sulfone groups is 1. The van der Waals surface area contributed by atoms with Crippen LogP contribution < -0.4 is 15.4 Å². The molecule has 0 atom stereocenters. The third kappa shape index (κ3) is 3.23. The van der Waals surface area contributed by atoms with Gasteiger partial charge in [-0.25, -0.2) is 8.42 Å². The standard InChI is InChI=1S/C16H14N2O5S/c1-24(21,22)11-5-2-4-10(8-11)16(20)18-13-7-3-6-12-15(13)23-9-14(19)17-12/h2-8H,9H2,1H3,(H,17,19)(H,18,20). The minimum atomic E-state index is -3.40. The van der Waals surface area contributed by atoms with Gasteiger partial charge in [0.25, 0.3) is 11.8 Å². The molecule has 124 valence electrons. The van der Waals surface area contributed by atoms with Gasteiger partial charge < -0.3 is 15.4 Å². The minimum absolute atomic E-state index is 0.0637. The second-order valence-corrected chi connectivity index (χ2v) is 7.29. The average Bonchev–Trinajstić information content (AvgIpc) is 2.54. The molecule has 3 rings (SSSR count). The van der Waals surface area contributed by atoms with E-state index in [1.54, 1.807) is 18.2 Å². The summed E-state index contributed by atoms with van der Waals surface area (Å²) >= 11 is 0. The summed E-state index contributed by atoms with van der Waals surface area (Å²) in [6, 6.07) is 10.7. The lowest BCUT2D eigenvalue weighted by molar-refractivity contribution is -0.118. The highest BCUT2D eigenvalue weighted by Crippen LogP contribution is 2.35. The predicted octanol–water partition coefficient (Wildman–Crippen LogP) is 1.67. The topological polar surface area (TPSA) is 102 Å². The van der Waals surface area contributed by atoms with Crippen LogP contribution in [-0.4, -0.2) is 33.1 Å². The number of nitrogens with one attached hydrogen (secondary N) is 2. The quantitative estimate of drug-likeness (QED) is 0.880. The van der Waals surface area contributed by atoms with E-state index >= 15 is 0 Å². The average molecular weight is 346 g/mol. The Bertz CT molecular complexity index is 937. The van der Waals surface area contributed by atoms with Crippen LogP contribution in [0.3, 0.4) is 0 Å². The maximum Gasteiger partial charge on any atom is 0.262 e. The van der Waals surface area contributed by atoms with Crippen LogP contribution in [0.4, 0.5) is 11.4 Å². The molecule has 7 nitrogen and oxygen atoms in total. The molecule has 0 aromatic heterocycles. The van der Waals surface area contributed by atoms with Crippen molar-refractivity contribution in [2.24, 2.45) is 0 Å². The van der Waals surface area contributed by atoms with Gasteiger partial charge >= 0.3 is 0 Å². The summed E-state index contributed by atoms with van der Waals surface area (Å²) in [7, 11) is -3.40. The van der Waals surface area contributed by atoms with E-state index in [2.05, 4.69) is 10.6 Å². The Hall–Kier alpha value is -2.87. The van der Waals surface area contributed by atoms with E-state index in [9.17, 15) is 18.0 Å². The van der Waals surface area contributed by atoms with Crippen molar-refractivity contribution in [2.45, 2.75) is 4.90 Å². The monoisotopic (exact) mass is 346 g/mol. The molecule has 1 aliphatic rings. The Morgan fingerprint density at radius 2 is 1.96 bits per heavy atom. The van der Waals surface area contributed by atoms with Gasteiger partial charge in [0.05, 0.1) is 16.3 Å². The van der Waals surface area contributed by atoms with Gasteiger partial charge in [-0.05, 0) is 30.3 Å². The Balaban J connectivity index is 1.89. The van der Waals surface area contributed by atoms with Crippen molar-refractivity contribution in [1.82, 2.24) is 0 Å². The molecule has 0 saturated carbocycles. The van der Waals surface area contributed by atoms with Crippen molar-refractivity contribution >= 4 is 33.0 Å². The molecule has 0 saturated heterocycles. The number of amides is 2. The third-order valence-electron chi connectivity index (χ3n) is 3.41. The molecule has 0 aliphatic carbocycles. The second-order valence-electron chi connectivity index (χ2n) is 5.27. The number of carbonyl (C=O) groups excluding carboxylic acids is 2. The molecule has 0 bridgehead atoms. The molecule has 2 aromatic carbocycles. The summed E-state index contributed by atoms with van der Waals surface area (Å²) in [4.78, 5) is 23.8. The van der Waals surface area contributed by atoms with Gasteiger partial charge in [-0.15, -0.1) is 0 Å². The van der Waals surface area contributed by atoms with Crippen molar-refractivity contribution in [1.29, 1.82) is 0 Å². The summed E-state index contributed by atoms with van der Waals surface area (Å²) in [6.45, 7) is -0.135. The molecule has 24 heavy (non-hydrogen) atoms. The van der Waals surface area contributed by atoms with Gasteiger partial charge in [0.1, 0.15) is 0 Å². The number of anilines is 2. The number of hydrogen-bond acceptors (Lipinski definition) is 5. The molecule has 2 N–H and O–H groups in total. The zero-order valence-electron chi connectivity index (χ0n) is 12.7. The molecule has 1 aliphatic heterocycles. The van der Waals surface area contributed by atoms with Gasteiger partial charge in [-0.3, -0.25) is 9.59 Å². The van der Waals surface area contributed by atoms with E-state index in [1.165, 1.54) is 24.3 Å². The summed E-state index contributed by atoms with van der Waals surface area (Å²) in [6.07, 6.45) is 1.08. The fourth-order valence-corrected chi connectivity index (χ4v) is 2.94. The fourth-order valence-electron chi connectivity index (χ4n) is 2.28. The third-order valence-corrected chi connectivity index (χ3v) is 4.52. The Morgan fingerprint density at radius 3 is 2.71 bits per heavy atom. The first kappa shape index (κ1) is 16.0. The van der Waals surface area contributed by atoms with Gasteiger partial charge in [-0.2, -0.15) is 0 Å². The fraction of sp³-hybridized carbons (Fsp3) is 0.125. The maximum absolute atomic E-state index is 12.4. The van der Waals surface area contributed by atoms with Crippen LogP contribution in [-0.2, 0) is 14.6 Å². The molecular weight excluding hydrogens is 332 g/mol. The van der Waals surface area contributed by atoms with E-state index in [-0.39, 0.29) is 23.0 Å². The summed E-state index contributed by atoms with van der Waals surface area (Å²) in [5.74, 6) is -0.383. The summed E-state index contributed by atoms with van der Waals surface area (Å²) < 4.78 is 28.6. The molecular formula is C16H14N2O5S. The summed E-state index contributed by atoms with van der Waals surface area (Å²) in [5, 5.41) is 5.32. The van der Waals surface area contributed by atoms with E-state index < -0.39 is 15.7 Å². The molecule has 8 heteroatoms. The van der Waals surface area contributed by atoms with Crippen molar-refractivity contribution in [3.05, 3.63) is 48.0 Å².